The first-order valence-electron chi connectivity index (χ1n) is 12.3. The molecule has 192 valence electrons. The molecular formula is C27H28ClN5O4. The number of benzene rings is 1. The number of nitrogens with zero attached hydrogens (tertiary/aromatic N) is 4. The summed E-state index contributed by atoms with van der Waals surface area (Å²) in [5.74, 6) is -0.229. The van der Waals surface area contributed by atoms with Crippen molar-refractivity contribution in [2.45, 2.75) is 39.2 Å². The van der Waals surface area contributed by atoms with Gasteiger partial charge in [0.25, 0.3) is 5.56 Å². The summed E-state index contributed by atoms with van der Waals surface area (Å²) < 4.78 is 1.57. The highest BCUT2D eigenvalue weighted by atomic mass is 35.5. The molecule has 1 aliphatic carbocycles. The number of amides is 1. The maximum atomic E-state index is 13.4. The van der Waals surface area contributed by atoms with Gasteiger partial charge in [-0.3, -0.25) is 14.2 Å². The van der Waals surface area contributed by atoms with E-state index >= 15 is 0 Å². The van der Waals surface area contributed by atoms with Gasteiger partial charge in [0.2, 0.25) is 5.91 Å². The second-order valence-electron chi connectivity index (χ2n) is 9.79. The van der Waals surface area contributed by atoms with Crippen LogP contribution in [0.2, 0.25) is 5.15 Å². The van der Waals surface area contributed by atoms with E-state index in [2.05, 4.69) is 10.3 Å². The number of carbonyl (C=O) groups excluding carboxylic acids is 1. The lowest BCUT2D eigenvalue weighted by atomic mass is 10.00. The molecule has 1 fully saturated rings. The summed E-state index contributed by atoms with van der Waals surface area (Å²) in [5, 5.41) is 13.4. The van der Waals surface area contributed by atoms with Crippen LogP contribution in [0.3, 0.4) is 0 Å². The van der Waals surface area contributed by atoms with Crippen molar-refractivity contribution in [1.82, 2.24) is 19.4 Å². The Labute approximate surface area is 218 Å². The Bertz CT molecular complexity index is 1530. The average molecular weight is 522 g/mol. The number of carbonyl (C=O) groups is 2. The number of pyridine rings is 1. The van der Waals surface area contributed by atoms with Crippen molar-refractivity contribution in [1.29, 1.82) is 0 Å². The molecule has 1 saturated carbocycles. The van der Waals surface area contributed by atoms with Crippen molar-refractivity contribution in [2.75, 3.05) is 18.4 Å². The van der Waals surface area contributed by atoms with Crippen LogP contribution in [0.25, 0.3) is 16.5 Å². The Balaban J connectivity index is 1.54. The van der Waals surface area contributed by atoms with Crippen molar-refractivity contribution >= 4 is 45.6 Å². The third kappa shape index (κ3) is 4.83. The number of halogens is 1. The molecule has 37 heavy (non-hydrogen) atoms. The van der Waals surface area contributed by atoms with Gasteiger partial charge in [-0.25, -0.2) is 14.8 Å². The number of nitrogens with one attached hydrogen (secondary N) is 1. The summed E-state index contributed by atoms with van der Waals surface area (Å²) in [5.41, 5.74) is 3.12. The molecular weight excluding hydrogens is 494 g/mol. The van der Waals surface area contributed by atoms with Crippen molar-refractivity contribution in [3.8, 4) is 0 Å². The van der Waals surface area contributed by atoms with Crippen molar-refractivity contribution in [2.24, 2.45) is 13.0 Å². The minimum atomic E-state index is -1.20. The van der Waals surface area contributed by atoms with E-state index in [0.717, 1.165) is 29.5 Å². The van der Waals surface area contributed by atoms with Gasteiger partial charge in [-0.15, -0.1) is 0 Å². The quantitative estimate of drug-likeness (QED) is 0.467. The number of hydrogen-bond acceptors (Lipinski definition) is 6. The summed E-state index contributed by atoms with van der Waals surface area (Å²) in [6.07, 6.45) is 4.56. The molecule has 0 spiro atoms. The minimum Gasteiger partial charge on any atom is -0.476 e. The number of rotatable bonds is 6. The fourth-order valence-corrected chi connectivity index (χ4v) is 5.00. The Hall–Kier alpha value is -3.72. The van der Waals surface area contributed by atoms with E-state index in [1.165, 1.54) is 6.07 Å². The number of aryl methyl sites for hydroxylation is 1. The predicted octanol–water partition coefficient (Wildman–Crippen LogP) is 4.19. The van der Waals surface area contributed by atoms with E-state index in [-0.39, 0.29) is 34.3 Å². The zero-order valence-corrected chi connectivity index (χ0v) is 21.7. The van der Waals surface area contributed by atoms with Crippen LogP contribution in [0.4, 0.5) is 5.69 Å². The number of aromatic carboxylic acids is 1. The highest BCUT2D eigenvalue weighted by molar-refractivity contribution is 6.29. The Morgan fingerprint density at radius 1 is 1.22 bits per heavy atom. The Morgan fingerprint density at radius 2 is 1.97 bits per heavy atom. The first kappa shape index (κ1) is 25.0. The SMILES string of the molecule is Cc1cc([C@@H](C)Nc2ccc(Cl)nc2C(=O)O)c2nc(C3=CCN(C(=O)C4CC4)CC3)n(C)c(=O)c2c1. The summed E-state index contributed by atoms with van der Waals surface area (Å²) in [7, 11) is 1.72. The normalized spacial score (nSPS) is 16.4. The first-order valence-corrected chi connectivity index (χ1v) is 12.7. The lowest BCUT2D eigenvalue weighted by molar-refractivity contribution is -0.132. The van der Waals surface area contributed by atoms with Gasteiger partial charge in [-0.2, -0.15) is 0 Å². The molecule has 5 rings (SSSR count). The monoisotopic (exact) mass is 521 g/mol. The van der Waals surface area contributed by atoms with Gasteiger partial charge >= 0.3 is 5.97 Å². The van der Waals surface area contributed by atoms with Crippen molar-refractivity contribution < 1.29 is 14.7 Å². The largest absolute Gasteiger partial charge is 0.476 e. The molecule has 9 nitrogen and oxygen atoms in total. The number of aromatic nitrogens is 3. The molecule has 0 bridgehead atoms. The minimum absolute atomic E-state index is 0.0876. The maximum Gasteiger partial charge on any atom is 0.356 e. The van der Waals surface area contributed by atoms with Crippen LogP contribution >= 0.6 is 11.6 Å². The van der Waals surface area contributed by atoms with Gasteiger partial charge in [-0.1, -0.05) is 23.7 Å². The molecule has 1 aliphatic heterocycles. The molecule has 2 aliphatic rings. The van der Waals surface area contributed by atoms with E-state index in [1.807, 2.05) is 37.0 Å². The van der Waals surface area contributed by atoms with Crippen LogP contribution in [-0.2, 0) is 11.8 Å². The molecule has 3 heterocycles. The van der Waals surface area contributed by atoms with Crippen LogP contribution in [0.1, 0.15) is 59.7 Å². The summed E-state index contributed by atoms with van der Waals surface area (Å²) in [4.78, 5) is 48.4. The van der Waals surface area contributed by atoms with E-state index in [1.54, 1.807) is 17.7 Å². The fraction of sp³-hybridized carbons (Fsp3) is 0.370. The van der Waals surface area contributed by atoms with Gasteiger partial charge in [0.1, 0.15) is 11.0 Å². The molecule has 0 saturated heterocycles. The second kappa shape index (κ2) is 9.63. The van der Waals surface area contributed by atoms with Crippen molar-refractivity contribution in [3.05, 3.63) is 68.5 Å². The smallest absolute Gasteiger partial charge is 0.356 e. The van der Waals surface area contributed by atoms with E-state index in [4.69, 9.17) is 16.6 Å². The Morgan fingerprint density at radius 3 is 2.62 bits per heavy atom. The lowest BCUT2D eigenvalue weighted by Gasteiger charge is -2.27. The summed E-state index contributed by atoms with van der Waals surface area (Å²) in [6, 6.07) is 6.49. The van der Waals surface area contributed by atoms with Gasteiger partial charge in [0.05, 0.1) is 22.6 Å². The molecule has 3 aromatic rings. The third-order valence-electron chi connectivity index (χ3n) is 6.99. The molecule has 0 unspecified atom stereocenters. The molecule has 1 aromatic carbocycles. The Kier molecular flexibility index (Phi) is 6.49. The molecule has 1 amide bonds. The zero-order chi connectivity index (χ0) is 26.4. The van der Waals surface area contributed by atoms with Crippen LogP contribution in [-0.4, -0.2) is 49.5 Å². The number of carboxylic acids is 1. The molecule has 0 radical (unpaired) electrons. The van der Waals surface area contributed by atoms with Gasteiger partial charge in [0.15, 0.2) is 5.69 Å². The lowest BCUT2D eigenvalue weighted by Crippen LogP contribution is -2.36. The van der Waals surface area contributed by atoms with Gasteiger partial charge < -0.3 is 15.3 Å². The predicted molar refractivity (Wildman–Crippen MR) is 142 cm³/mol. The van der Waals surface area contributed by atoms with Crippen LogP contribution in [0.5, 0.6) is 0 Å². The average Bonchev–Trinajstić information content (AvgIpc) is 3.72. The van der Waals surface area contributed by atoms with Crippen LogP contribution < -0.4 is 10.9 Å². The number of fused-ring (bicyclic) bond motifs is 1. The summed E-state index contributed by atoms with van der Waals surface area (Å²) >= 11 is 5.91. The highest BCUT2D eigenvalue weighted by Crippen LogP contribution is 2.33. The van der Waals surface area contributed by atoms with Gasteiger partial charge in [0, 0.05) is 31.6 Å². The zero-order valence-electron chi connectivity index (χ0n) is 20.9. The van der Waals surface area contributed by atoms with Crippen molar-refractivity contribution in [3.63, 3.8) is 0 Å². The molecule has 2 N–H and O–H groups in total. The highest BCUT2D eigenvalue weighted by Gasteiger charge is 2.34. The second-order valence-corrected chi connectivity index (χ2v) is 10.2. The van der Waals surface area contributed by atoms with Crippen LogP contribution in [0, 0.1) is 12.8 Å². The summed E-state index contributed by atoms with van der Waals surface area (Å²) in [6.45, 7) is 4.91. The van der Waals surface area contributed by atoms with E-state index in [0.29, 0.717) is 41.9 Å². The van der Waals surface area contributed by atoms with E-state index < -0.39 is 5.97 Å². The van der Waals surface area contributed by atoms with Crippen LogP contribution in [0.15, 0.2) is 35.1 Å². The number of hydrogen-bond donors (Lipinski definition) is 2. The van der Waals surface area contributed by atoms with Gasteiger partial charge in [-0.05, 0) is 62.4 Å². The first-order chi connectivity index (χ1) is 17.6. The molecule has 1 atom stereocenters. The van der Waals surface area contributed by atoms with E-state index in [9.17, 15) is 19.5 Å². The fourth-order valence-electron chi connectivity index (χ4n) is 4.86. The topological polar surface area (TPSA) is 117 Å². The third-order valence-corrected chi connectivity index (χ3v) is 7.20. The molecule has 2 aromatic heterocycles. The maximum absolute atomic E-state index is 13.4. The number of anilines is 1. The molecule has 10 heteroatoms. The standard InChI is InChI=1S/C27H28ClN5O4/c1-14-12-18(15(2)29-20-6-7-21(28)30-23(20)27(36)37)22-19(13-14)26(35)32(3)24(31-22)16-8-10-33(11-9-16)25(34)17-4-5-17/h6-8,12-13,15,17,29H,4-5,9-11H2,1-3H3,(H,36,37)/t15-/m1/s1. The number of carboxylic acid groups (broad SMARTS) is 1.